The van der Waals surface area contributed by atoms with Gasteiger partial charge in [0.1, 0.15) is 0 Å². The molecule has 2 aromatic rings. The summed E-state index contributed by atoms with van der Waals surface area (Å²) in [5, 5.41) is 1.07. The number of hydrogen-bond acceptors (Lipinski definition) is 2. The first kappa shape index (κ1) is 16.2. The highest BCUT2D eigenvalue weighted by atomic mass is 35.5. The minimum Gasteiger partial charge on any atom is -0.335 e. The van der Waals surface area contributed by atoms with Crippen molar-refractivity contribution in [3.63, 3.8) is 0 Å². The van der Waals surface area contributed by atoms with Crippen molar-refractivity contribution < 1.29 is 4.79 Å². The quantitative estimate of drug-likeness (QED) is 0.770. The fourth-order valence-corrected chi connectivity index (χ4v) is 2.63. The van der Waals surface area contributed by atoms with Crippen LogP contribution in [0.1, 0.15) is 28.9 Å². The van der Waals surface area contributed by atoms with Crippen molar-refractivity contribution in [2.24, 2.45) is 0 Å². The number of rotatable bonds is 3. The van der Waals surface area contributed by atoms with Crippen molar-refractivity contribution in [2.75, 3.05) is 7.05 Å². The molecule has 0 aliphatic carbocycles. The standard InChI is InChI=1S/C16H15Cl2NOS/c1-10(11-4-3-5-12(17)8-11)19(2)16(20)14-9-13(21)6-7-15(14)18/h3-10,21H,1-2H3. The van der Waals surface area contributed by atoms with E-state index in [2.05, 4.69) is 12.6 Å². The second-order valence-corrected chi connectivity index (χ2v) is 6.17. The van der Waals surface area contributed by atoms with Crippen molar-refractivity contribution in [1.29, 1.82) is 0 Å². The van der Waals surface area contributed by atoms with Crippen LogP contribution in [0.5, 0.6) is 0 Å². The number of amides is 1. The molecule has 2 nitrogen and oxygen atoms in total. The average Bonchev–Trinajstić information content (AvgIpc) is 2.47. The molecule has 0 saturated heterocycles. The monoisotopic (exact) mass is 339 g/mol. The Kier molecular flexibility index (Phi) is 5.20. The molecule has 2 aromatic carbocycles. The first-order valence-corrected chi connectivity index (χ1v) is 7.61. The van der Waals surface area contributed by atoms with E-state index in [9.17, 15) is 4.79 Å². The maximum atomic E-state index is 12.6. The molecule has 0 bridgehead atoms. The summed E-state index contributed by atoms with van der Waals surface area (Å²) in [7, 11) is 1.75. The molecule has 110 valence electrons. The van der Waals surface area contributed by atoms with Gasteiger partial charge in [-0.25, -0.2) is 0 Å². The van der Waals surface area contributed by atoms with Gasteiger partial charge in [-0.2, -0.15) is 0 Å². The highest BCUT2D eigenvalue weighted by Gasteiger charge is 2.21. The van der Waals surface area contributed by atoms with Crippen LogP contribution >= 0.6 is 35.8 Å². The second-order valence-electron chi connectivity index (χ2n) is 4.81. The Bertz CT molecular complexity index is 675. The molecule has 0 fully saturated rings. The number of benzene rings is 2. The second kappa shape index (κ2) is 6.73. The molecule has 2 rings (SSSR count). The molecule has 21 heavy (non-hydrogen) atoms. The van der Waals surface area contributed by atoms with Gasteiger partial charge in [-0.15, -0.1) is 12.6 Å². The third kappa shape index (κ3) is 3.73. The van der Waals surface area contributed by atoms with E-state index >= 15 is 0 Å². The van der Waals surface area contributed by atoms with Crippen molar-refractivity contribution in [1.82, 2.24) is 4.90 Å². The Morgan fingerprint density at radius 1 is 1.19 bits per heavy atom. The summed E-state index contributed by atoms with van der Waals surface area (Å²) >= 11 is 16.4. The molecule has 0 heterocycles. The Hall–Kier alpha value is -1.16. The Balaban J connectivity index is 2.28. The van der Waals surface area contributed by atoms with Gasteiger partial charge in [0.15, 0.2) is 0 Å². The number of thiol groups is 1. The summed E-state index contributed by atoms with van der Waals surface area (Å²) in [5.41, 5.74) is 1.41. The van der Waals surface area contributed by atoms with Crippen LogP contribution in [0.25, 0.3) is 0 Å². The zero-order chi connectivity index (χ0) is 15.6. The van der Waals surface area contributed by atoms with Crippen LogP contribution in [0.4, 0.5) is 0 Å². The fourth-order valence-electron chi connectivity index (χ4n) is 2.03. The van der Waals surface area contributed by atoms with Crippen LogP contribution in [-0.2, 0) is 0 Å². The van der Waals surface area contributed by atoms with Gasteiger partial charge in [0.05, 0.1) is 16.6 Å². The lowest BCUT2D eigenvalue weighted by Crippen LogP contribution is -2.29. The SMILES string of the molecule is CC(c1cccc(Cl)c1)N(C)C(=O)c1cc(S)ccc1Cl. The topological polar surface area (TPSA) is 20.3 Å². The summed E-state index contributed by atoms with van der Waals surface area (Å²) in [6.07, 6.45) is 0. The van der Waals surface area contributed by atoms with E-state index in [0.29, 0.717) is 20.5 Å². The maximum Gasteiger partial charge on any atom is 0.255 e. The molecule has 0 aliphatic rings. The smallest absolute Gasteiger partial charge is 0.255 e. The number of carbonyl (C=O) groups is 1. The van der Waals surface area contributed by atoms with Crippen molar-refractivity contribution in [3.05, 3.63) is 63.6 Å². The van der Waals surface area contributed by atoms with Crippen LogP contribution in [0.2, 0.25) is 10.0 Å². The Morgan fingerprint density at radius 3 is 2.57 bits per heavy atom. The van der Waals surface area contributed by atoms with Crippen molar-refractivity contribution >= 4 is 41.7 Å². The molecule has 0 spiro atoms. The van der Waals surface area contributed by atoms with Gasteiger partial charge in [0.25, 0.3) is 5.91 Å². The lowest BCUT2D eigenvalue weighted by molar-refractivity contribution is 0.0742. The van der Waals surface area contributed by atoms with E-state index in [4.69, 9.17) is 23.2 Å². The van der Waals surface area contributed by atoms with Crippen LogP contribution in [0.15, 0.2) is 47.4 Å². The molecule has 0 radical (unpaired) electrons. The van der Waals surface area contributed by atoms with Gasteiger partial charge in [0.2, 0.25) is 0 Å². The van der Waals surface area contributed by atoms with E-state index in [1.54, 1.807) is 36.2 Å². The summed E-state index contributed by atoms with van der Waals surface area (Å²) in [6, 6.07) is 12.5. The van der Waals surface area contributed by atoms with Crippen molar-refractivity contribution in [3.8, 4) is 0 Å². The third-order valence-electron chi connectivity index (χ3n) is 3.41. The van der Waals surface area contributed by atoms with Gasteiger partial charge in [-0.3, -0.25) is 4.79 Å². The summed E-state index contributed by atoms with van der Waals surface area (Å²) in [5.74, 6) is -0.150. The summed E-state index contributed by atoms with van der Waals surface area (Å²) in [6.45, 7) is 1.95. The number of hydrogen-bond donors (Lipinski definition) is 1. The minimum atomic E-state index is -0.150. The first-order chi connectivity index (χ1) is 9.90. The molecule has 1 amide bonds. The maximum absolute atomic E-state index is 12.6. The van der Waals surface area contributed by atoms with E-state index in [0.717, 1.165) is 5.56 Å². The highest BCUT2D eigenvalue weighted by Crippen LogP contribution is 2.26. The van der Waals surface area contributed by atoms with E-state index in [1.807, 2.05) is 25.1 Å². The highest BCUT2D eigenvalue weighted by molar-refractivity contribution is 7.80. The van der Waals surface area contributed by atoms with Gasteiger partial charge in [0, 0.05) is 17.0 Å². The first-order valence-electron chi connectivity index (χ1n) is 6.41. The molecule has 1 atom stereocenters. The predicted octanol–water partition coefficient (Wildman–Crippen LogP) is 5.12. The van der Waals surface area contributed by atoms with Gasteiger partial charge in [-0.1, -0.05) is 35.3 Å². The molecule has 0 aliphatic heterocycles. The molecule has 0 aromatic heterocycles. The molecule has 0 N–H and O–H groups in total. The van der Waals surface area contributed by atoms with E-state index < -0.39 is 0 Å². The average molecular weight is 340 g/mol. The fraction of sp³-hybridized carbons (Fsp3) is 0.188. The van der Waals surface area contributed by atoms with Crippen LogP contribution < -0.4 is 0 Å². The van der Waals surface area contributed by atoms with Gasteiger partial charge >= 0.3 is 0 Å². The predicted molar refractivity (Wildman–Crippen MR) is 90.7 cm³/mol. The molecule has 1 unspecified atom stereocenters. The van der Waals surface area contributed by atoms with E-state index in [-0.39, 0.29) is 11.9 Å². The zero-order valence-corrected chi connectivity index (χ0v) is 14.1. The minimum absolute atomic E-state index is 0.115. The Labute approximate surface area is 140 Å². The van der Waals surface area contributed by atoms with Crippen molar-refractivity contribution in [2.45, 2.75) is 17.9 Å². The summed E-state index contributed by atoms with van der Waals surface area (Å²) < 4.78 is 0. The number of halogens is 2. The van der Waals surface area contributed by atoms with Gasteiger partial charge in [-0.05, 0) is 42.8 Å². The lowest BCUT2D eigenvalue weighted by atomic mass is 10.1. The molecule has 0 saturated carbocycles. The zero-order valence-electron chi connectivity index (χ0n) is 11.7. The summed E-state index contributed by atoms with van der Waals surface area (Å²) in [4.78, 5) is 14.9. The molecule has 5 heteroatoms. The van der Waals surface area contributed by atoms with Crippen LogP contribution in [-0.4, -0.2) is 17.9 Å². The number of nitrogens with zero attached hydrogens (tertiary/aromatic N) is 1. The molecular weight excluding hydrogens is 325 g/mol. The normalized spacial score (nSPS) is 12.0. The van der Waals surface area contributed by atoms with Crippen LogP contribution in [0.3, 0.4) is 0 Å². The number of carbonyl (C=O) groups excluding carboxylic acids is 1. The largest absolute Gasteiger partial charge is 0.335 e. The third-order valence-corrected chi connectivity index (χ3v) is 4.26. The molecular formula is C16H15Cl2NOS. The van der Waals surface area contributed by atoms with E-state index in [1.165, 1.54) is 0 Å². The lowest BCUT2D eigenvalue weighted by Gasteiger charge is -2.26. The van der Waals surface area contributed by atoms with Crippen LogP contribution in [0, 0.1) is 0 Å². The van der Waals surface area contributed by atoms with Gasteiger partial charge < -0.3 is 4.90 Å². The Morgan fingerprint density at radius 2 is 1.90 bits per heavy atom.